The molecule has 2 saturated heterocycles. The minimum Gasteiger partial charge on any atom is -0.307 e. The minimum absolute atomic E-state index is 0.961. The molecule has 0 N–H and O–H groups in total. The van der Waals surface area contributed by atoms with Crippen LogP contribution in [0.1, 0.15) is 0 Å². The molecule has 0 aromatic heterocycles. The number of hydrogen-bond acceptors (Lipinski definition) is 2. The summed E-state index contributed by atoms with van der Waals surface area (Å²) in [4.78, 5) is 4.97. The van der Waals surface area contributed by atoms with Crippen molar-refractivity contribution in [2.24, 2.45) is 0 Å². The molecule has 2 rings (SSSR count). The molecule has 2 fully saturated rings. The molecule has 2 aliphatic heterocycles. The van der Waals surface area contributed by atoms with Gasteiger partial charge in [0.1, 0.15) is 6.71 Å². The zero-order valence-electron chi connectivity index (χ0n) is 8.29. The maximum Gasteiger partial charge on any atom is 0.148 e. The molecule has 0 atom stereocenters. The largest absolute Gasteiger partial charge is 0.307 e. The van der Waals surface area contributed by atoms with Crippen LogP contribution in [-0.4, -0.2) is 56.8 Å². The van der Waals surface area contributed by atoms with Gasteiger partial charge in [0, 0.05) is 0 Å². The first kappa shape index (κ1) is 8.58. The molecule has 0 aliphatic carbocycles. The summed E-state index contributed by atoms with van der Waals surface area (Å²) in [5.74, 6) is 0.961. The van der Waals surface area contributed by atoms with Crippen LogP contribution in [0.2, 0.25) is 18.5 Å². The highest BCUT2D eigenvalue weighted by molar-refractivity contribution is 6.61. The molecule has 0 aromatic carbocycles. The third-order valence-electron chi connectivity index (χ3n) is 3.52. The summed E-state index contributed by atoms with van der Waals surface area (Å²) >= 11 is 0. The maximum absolute atomic E-state index is 2.49. The number of fused-ring (bicyclic) bond motifs is 1. The molecule has 12 heavy (non-hydrogen) atoms. The van der Waals surface area contributed by atoms with Crippen molar-refractivity contribution in [3.63, 3.8) is 0 Å². The van der Waals surface area contributed by atoms with Crippen molar-refractivity contribution >= 4 is 6.71 Å². The number of rotatable bonds is 0. The van der Waals surface area contributed by atoms with Crippen molar-refractivity contribution in [2.75, 3.05) is 40.3 Å². The van der Waals surface area contributed by atoms with E-state index < -0.39 is 0 Å². The Hall–Kier alpha value is -0.0151. The molecule has 0 unspecified atom stereocenters. The Morgan fingerprint density at radius 1 is 1.00 bits per heavy atom. The summed E-state index contributed by atoms with van der Waals surface area (Å²) in [5.41, 5.74) is 0. The Kier molecular flexibility index (Phi) is 2.42. The predicted molar refractivity (Wildman–Crippen MR) is 54.1 cm³/mol. The van der Waals surface area contributed by atoms with Crippen LogP contribution in [-0.2, 0) is 0 Å². The van der Waals surface area contributed by atoms with Gasteiger partial charge in [-0.3, -0.25) is 0 Å². The first-order chi connectivity index (χ1) is 5.75. The first-order valence-corrected chi connectivity index (χ1v) is 5.13. The van der Waals surface area contributed by atoms with E-state index in [2.05, 4.69) is 23.9 Å². The summed E-state index contributed by atoms with van der Waals surface area (Å²) in [6, 6.07) is 0. The Balaban J connectivity index is 1.94. The highest BCUT2D eigenvalue weighted by Crippen LogP contribution is 2.28. The molecule has 0 bridgehead atoms. The highest BCUT2D eigenvalue weighted by Gasteiger charge is 2.34. The second kappa shape index (κ2) is 3.39. The summed E-state index contributed by atoms with van der Waals surface area (Å²) < 4.78 is 0. The van der Waals surface area contributed by atoms with Crippen LogP contribution in [0.4, 0.5) is 0 Å². The lowest BCUT2D eigenvalue weighted by Gasteiger charge is -2.41. The molecule has 0 amide bonds. The van der Waals surface area contributed by atoms with Crippen LogP contribution in [0.3, 0.4) is 0 Å². The molecule has 0 spiro atoms. The predicted octanol–water partition coefficient (Wildman–Crippen LogP) is 0.742. The minimum atomic E-state index is 0.961. The van der Waals surface area contributed by atoms with Crippen molar-refractivity contribution in [3.8, 4) is 0 Å². The van der Waals surface area contributed by atoms with E-state index in [1.165, 1.54) is 38.8 Å². The smallest absolute Gasteiger partial charge is 0.148 e. The normalized spacial score (nSPS) is 29.0. The van der Waals surface area contributed by atoms with Gasteiger partial charge in [-0.25, -0.2) is 0 Å². The average molecular weight is 166 g/mol. The zero-order chi connectivity index (χ0) is 8.55. The first-order valence-electron chi connectivity index (χ1n) is 5.13. The molecule has 2 aliphatic rings. The molecule has 2 nitrogen and oxygen atoms in total. The Morgan fingerprint density at radius 2 is 1.50 bits per heavy atom. The van der Waals surface area contributed by atoms with Crippen molar-refractivity contribution in [1.29, 1.82) is 0 Å². The fourth-order valence-electron chi connectivity index (χ4n) is 2.73. The van der Waals surface area contributed by atoms with Crippen LogP contribution in [0.25, 0.3) is 0 Å². The number of hydrogen-bond donors (Lipinski definition) is 0. The van der Waals surface area contributed by atoms with Gasteiger partial charge in [0.25, 0.3) is 0 Å². The molecule has 3 heteroatoms. The zero-order valence-corrected chi connectivity index (χ0v) is 8.29. The van der Waals surface area contributed by atoms with Gasteiger partial charge < -0.3 is 9.80 Å². The lowest BCUT2D eigenvalue weighted by Crippen LogP contribution is -2.48. The van der Waals surface area contributed by atoms with E-state index in [1.807, 2.05) is 0 Å². The third-order valence-corrected chi connectivity index (χ3v) is 3.52. The van der Waals surface area contributed by atoms with Crippen LogP contribution in [0.15, 0.2) is 0 Å². The van der Waals surface area contributed by atoms with Gasteiger partial charge in [-0.1, -0.05) is 12.6 Å². The van der Waals surface area contributed by atoms with Gasteiger partial charge in [0.15, 0.2) is 0 Å². The Bertz CT molecular complexity index is 147. The second-order valence-corrected chi connectivity index (χ2v) is 4.62. The van der Waals surface area contributed by atoms with Gasteiger partial charge in [0.05, 0.1) is 0 Å². The fourth-order valence-corrected chi connectivity index (χ4v) is 2.73. The van der Waals surface area contributed by atoms with E-state index in [9.17, 15) is 0 Å². The average Bonchev–Trinajstić information content (AvgIpc) is 2.03. The van der Waals surface area contributed by atoms with E-state index in [0.29, 0.717) is 0 Å². The van der Waals surface area contributed by atoms with Gasteiger partial charge >= 0.3 is 0 Å². The lowest BCUT2D eigenvalue weighted by atomic mass is 9.34. The van der Waals surface area contributed by atoms with E-state index in [1.54, 1.807) is 0 Å². The van der Waals surface area contributed by atoms with Gasteiger partial charge in [-0.05, 0) is 46.1 Å². The monoisotopic (exact) mass is 166 g/mol. The maximum atomic E-state index is 2.49. The molecule has 0 radical (unpaired) electrons. The quantitative estimate of drug-likeness (QED) is 0.490. The van der Waals surface area contributed by atoms with Gasteiger partial charge in [-0.15, -0.1) is 0 Å². The molecule has 0 aromatic rings. The van der Waals surface area contributed by atoms with E-state index in [4.69, 9.17) is 0 Å². The van der Waals surface area contributed by atoms with Gasteiger partial charge in [0.2, 0.25) is 0 Å². The highest BCUT2D eigenvalue weighted by atomic mass is 15.1. The standard InChI is InChI=1S/C9H19BN2/c1-11-5-3-10-4-6-12(2)8-9(10)7-11/h9H,3-8H2,1-2H3. The van der Waals surface area contributed by atoms with Crippen molar-refractivity contribution in [1.82, 2.24) is 9.80 Å². The van der Waals surface area contributed by atoms with E-state index in [-0.39, 0.29) is 0 Å². The third kappa shape index (κ3) is 1.67. The van der Waals surface area contributed by atoms with Gasteiger partial charge in [-0.2, -0.15) is 0 Å². The Morgan fingerprint density at radius 3 is 2.00 bits per heavy atom. The fraction of sp³-hybridized carbons (Fsp3) is 1.00. The molecule has 2 heterocycles. The number of nitrogens with zero attached hydrogens (tertiary/aromatic N) is 2. The van der Waals surface area contributed by atoms with Crippen molar-refractivity contribution in [3.05, 3.63) is 0 Å². The second-order valence-electron chi connectivity index (χ2n) is 4.62. The van der Waals surface area contributed by atoms with Crippen LogP contribution in [0.5, 0.6) is 0 Å². The van der Waals surface area contributed by atoms with E-state index >= 15 is 0 Å². The SMILES string of the molecule is CN1CCB2CCN(C)CC2C1. The summed E-state index contributed by atoms with van der Waals surface area (Å²) in [5, 5.41) is 0. The van der Waals surface area contributed by atoms with Crippen LogP contribution < -0.4 is 0 Å². The van der Waals surface area contributed by atoms with Crippen LogP contribution in [0, 0.1) is 0 Å². The molecule has 0 saturated carbocycles. The topological polar surface area (TPSA) is 6.48 Å². The summed E-state index contributed by atoms with van der Waals surface area (Å²) in [6.07, 6.45) is 2.88. The Labute approximate surface area is 76.0 Å². The summed E-state index contributed by atoms with van der Waals surface area (Å²) in [6.45, 7) is 6.34. The summed E-state index contributed by atoms with van der Waals surface area (Å²) in [7, 11) is 4.51. The van der Waals surface area contributed by atoms with Crippen molar-refractivity contribution < 1.29 is 0 Å². The molecule has 68 valence electrons. The molecular weight excluding hydrogens is 147 g/mol. The van der Waals surface area contributed by atoms with Crippen LogP contribution >= 0.6 is 0 Å². The van der Waals surface area contributed by atoms with Crippen molar-refractivity contribution in [2.45, 2.75) is 18.5 Å². The van der Waals surface area contributed by atoms with E-state index in [0.717, 1.165) is 12.5 Å². The lowest BCUT2D eigenvalue weighted by molar-refractivity contribution is 0.260. The molecular formula is C9H19BN2.